The van der Waals surface area contributed by atoms with Crippen LogP contribution in [0.2, 0.25) is 0 Å². The lowest BCUT2D eigenvalue weighted by Crippen LogP contribution is -2.45. The number of carbonyl (C=O) groups excluding carboxylic acids is 7. The zero-order chi connectivity index (χ0) is 58.4. The Labute approximate surface area is 479 Å². The number of hydrogen-bond donors (Lipinski definition) is 2. The molecule has 82 heavy (non-hydrogen) atoms. The second-order valence-electron chi connectivity index (χ2n) is 22.5. The number of rotatable bonds is 24. The van der Waals surface area contributed by atoms with Crippen molar-refractivity contribution in [2.24, 2.45) is 33.7 Å². The summed E-state index contributed by atoms with van der Waals surface area (Å²) in [5.74, 6) is -0.854. The maximum absolute atomic E-state index is 14.1. The summed E-state index contributed by atoms with van der Waals surface area (Å²) in [5.41, 5.74) is 7.38. The van der Waals surface area contributed by atoms with E-state index in [0.29, 0.717) is 96.3 Å². The van der Waals surface area contributed by atoms with Crippen LogP contribution in [0.4, 0.5) is 17.1 Å². The van der Waals surface area contributed by atoms with E-state index in [1.54, 1.807) is 59.3 Å². The molecular weight excluding hydrogens is 1040 g/mol. The van der Waals surface area contributed by atoms with Crippen LogP contribution in [-0.4, -0.2) is 120 Å². The highest BCUT2D eigenvalue weighted by Gasteiger charge is 2.40. The van der Waals surface area contributed by atoms with Gasteiger partial charge < -0.3 is 39.4 Å². The number of fused-ring (bicyclic) bond motifs is 4. The number of ether oxygens (including phenoxy) is 4. The molecule has 0 aliphatic carbocycles. The molecule has 0 radical (unpaired) electrons. The zero-order valence-corrected chi connectivity index (χ0v) is 48.0. The molecule has 18 heteroatoms. The fraction of sp³-hybridized carbons (Fsp3) is 0.422. The molecule has 2 N–H and O–H groups in total. The van der Waals surface area contributed by atoms with Gasteiger partial charge >= 0.3 is 0 Å². The Bertz CT molecular complexity index is 3250. The molecule has 18 nitrogen and oxygen atoms in total. The monoisotopic (exact) mass is 1120 g/mol. The van der Waals surface area contributed by atoms with Crippen LogP contribution in [-0.2, 0) is 24.0 Å². The normalized spacial score (nSPS) is 18.8. The van der Waals surface area contributed by atoms with Gasteiger partial charge in [-0.15, -0.1) is 0 Å². The van der Waals surface area contributed by atoms with Crippen LogP contribution < -0.4 is 29.6 Å². The summed E-state index contributed by atoms with van der Waals surface area (Å²) in [6, 6.07) is 21.0. The van der Waals surface area contributed by atoms with Crippen molar-refractivity contribution in [2.75, 3.05) is 39.3 Å². The number of anilines is 1. The van der Waals surface area contributed by atoms with Gasteiger partial charge in [0.2, 0.25) is 23.6 Å². The van der Waals surface area contributed by atoms with Gasteiger partial charge in [0, 0.05) is 99.6 Å². The van der Waals surface area contributed by atoms with Gasteiger partial charge in [-0.1, -0.05) is 83.0 Å². The Kier molecular flexibility index (Phi) is 18.2. The van der Waals surface area contributed by atoms with E-state index in [9.17, 15) is 33.6 Å². The van der Waals surface area contributed by atoms with Crippen molar-refractivity contribution < 1.29 is 52.5 Å². The number of imide groups is 1. The van der Waals surface area contributed by atoms with Crippen LogP contribution in [0.1, 0.15) is 130 Å². The Balaban J connectivity index is 0.730. The van der Waals surface area contributed by atoms with Crippen LogP contribution in [0.5, 0.6) is 23.0 Å². The zero-order valence-electron chi connectivity index (χ0n) is 48.0. The molecule has 4 aromatic carbocycles. The predicted octanol–water partition coefficient (Wildman–Crippen LogP) is 10.1. The minimum Gasteiger partial charge on any atom is -0.493 e. The summed E-state index contributed by atoms with van der Waals surface area (Å²) in [6.07, 6.45) is 11.2. The summed E-state index contributed by atoms with van der Waals surface area (Å²) in [4.78, 5) is 107. The molecule has 1 fully saturated rings. The molecule has 9 rings (SSSR count). The lowest BCUT2D eigenvalue weighted by molar-refractivity contribution is -0.140. The number of methoxy groups -OCH3 is 2. The molecule has 4 aromatic rings. The standard InChI is InChI=1S/C64H73N7O11/c1-37(2)48-30-59(74)69(62(48)76)22-11-9-10-13-58(73)68-60(38(3)4)53(72)25-40(6)61(75)67-45-20-18-42(19-21-45)44-27-47-34-66-52-32-57(55(80-8)29-50(52)64(78)71(47)36-44)82-24-12-23-81-56-31-51-49(28-54(56)79-7)63(77)70-35-43(26-46(70)33-65-51)41-16-14-39(5)15-17-41/h14-21,28-29,31-38,40,46-48,60H,9-13,22-27,30H2,1-8H3,(H,67,75)(H,68,73)/t40-,46+,47+,48?,60+/m1/s1. The molecule has 5 aliphatic rings. The highest BCUT2D eigenvalue weighted by Crippen LogP contribution is 2.42. The number of ketones is 1. The number of carbonyl (C=O) groups is 7. The first-order chi connectivity index (χ1) is 39.4. The number of amides is 6. The smallest absolute Gasteiger partial charge is 0.260 e. The van der Waals surface area contributed by atoms with E-state index in [2.05, 4.69) is 34.9 Å². The summed E-state index contributed by atoms with van der Waals surface area (Å²) < 4.78 is 23.7. The van der Waals surface area contributed by atoms with E-state index < -0.39 is 12.0 Å². The topological polar surface area (TPSA) is 215 Å². The van der Waals surface area contributed by atoms with Crippen LogP contribution in [0.3, 0.4) is 0 Å². The first-order valence-electron chi connectivity index (χ1n) is 28.4. The van der Waals surface area contributed by atoms with Crippen molar-refractivity contribution in [3.8, 4) is 23.0 Å². The number of Topliss-reactive ketones (excluding diaryl/α,β-unsaturated/α-hetero) is 1. The quantitative estimate of drug-likeness (QED) is 0.0497. The number of hydrogen-bond acceptors (Lipinski definition) is 13. The lowest BCUT2D eigenvalue weighted by atomic mass is 9.92. The summed E-state index contributed by atoms with van der Waals surface area (Å²) >= 11 is 0. The van der Waals surface area contributed by atoms with E-state index in [1.165, 1.54) is 24.7 Å². The van der Waals surface area contributed by atoms with Crippen LogP contribution in [0.25, 0.3) is 11.1 Å². The van der Waals surface area contributed by atoms with Crippen molar-refractivity contribution in [1.29, 1.82) is 0 Å². The maximum Gasteiger partial charge on any atom is 0.260 e. The highest BCUT2D eigenvalue weighted by molar-refractivity contribution is 6.07. The van der Waals surface area contributed by atoms with E-state index in [4.69, 9.17) is 28.9 Å². The average Bonchev–Trinajstić information content (AvgIpc) is 4.24. The highest BCUT2D eigenvalue weighted by atomic mass is 16.5. The van der Waals surface area contributed by atoms with Crippen molar-refractivity contribution in [2.45, 2.75) is 117 Å². The van der Waals surface area contributed by atoms with Gasteiger partial charge in [0.25, 0.3) is 11.8 Å². The third-order valence-corrected chi connectivity index (χ3v) is 15.8. The predicted molar refractivity (Wildman–Crippen MR) is 313 cm³/mol. The van der Waals surface area contributed by atoms with E-state index >= 15 is 0 Å². The average molecular weight is 1120 g/mol. The Morgan fingerprint density at radius 3 is 1.70 bits per heavy atom. The molecule has 6 amide bonds. The number of unbranched alkanes of at least 4 members (excludes halogenated alkanes) is 2. The molecule has 0 aromatic heterocycles. The second kappa shape index (κ2) is 25.6. The number of aliphatic imine (C=N–C) groups is 2. The Morgan fingerprint density at radius 2 is 1.20 bits per heavy atom. The van der Waals surface area contributed by atoms with Gasteiger partial charge in [0.05, 0.1) is 68.1 Å². The lowest BCUT2D eigenvalue weighted by Gasteiger charge is -2.23. The molecule has 5 aliphatic heterocycles. The van der Waals surface area contributed by atoms with Crippen molar-refractivity contribution in [1.82, 2.24) is 20.0 Å². The van der Waals surface area contributed by atoms with Crippen molar-refractivity contribution in [3.63, 3.8) is 0 Å². The third kappa shape index (κ3) is 13.0. The SMILES string of the molecule is COc1cc2c(cc1OCCCOc1cc3c(cc1OC)C(=O)N1C=C(c4ccc(NC(=O)[C@H](C)CC(=O)[C@@H](NC(=O)CCCCCN5C(=O)CC(C(C)C)C5=O)C(C)C)cc4)C[C@H]1C=N3)N=C[C@@H]1CC(c3ccc(C)cc3)=CN1C2=O. The summed E-state index contributed by atoms with van der Waals surface area (Å²) in [5, 5.41) is 5.78. The van der Waals surface area contributed by atoms with Gasteiger partial charge in [-0.05, 0) is 78.1 Å². The maximum atomic E-state index is 14.1. The minimum atomic E-state index is -0.756. The van der Waals surface area contributed by atoms with E-state index in [-0.39, 0.29) is 104 Å². The fourth-order valence-corrected chi connectivity index (χ4v) is 10.9. The van der Waals surface area contributed by atoms with Crippen LogP contribution >= 0.6 is 0 Å². The molecule has 5 heterocycles. The molecule has 0 spiro atoms. The minimum absolute atomic E-state index is 0.0632. The number of benzene rings is 4. The largest absolute Gasteiger partial charge is 0.493 e. The van der Waals surface area contributed by atoms with Crippen LogP contribution in [0, 0.1) is 30.6 Å². The summed E-state index contributed by atoms with van der Waals surface area (Å²) in [6.45, 7) is 12.2. The molecule has 1 saturated heterocycles. The van der Waals surface area contributed by atoms with Crippen molar-refractivity contribution >= 4 is 81.9 Å². The Morgan fingerprint density at radius 1 is 0.659 bits per heavy atom. The number of nitrogens with one attached hydrogen (secondary N) is 2. The summed E-state index contributed by atoms with van der Waals surface area (Å²) in [7, 11) is 3.04. The van der Waals surface area contributed by atoms with E-state index in [0.717, 1.165) is 22.3 Å². The first-order valence-corrected chi connectivity index (χ1v) is 28.4. The molecule has 5 atom stereocenters. The van der Waals surface area contributed by atoms with Gasteiger partial charge in [0.15, 0.2) is 28.8 Å². The molecular formula is C64H73N7O11. The number of likely N-dealkylation sites (tertiary alicyclic amines) is 1. The number of aryl methyl sites for hydroxylation is 1. The van der Waals surface area contributed by atoms with Crippen molar-refractivity contribution in [3.05, 3.63) is 113 Å². The third-order valence-electron chi connectivity index (χ3n) is 15.8. The van der Waals surface area contributed by atoms with E-state index in [1.807, 2.05) is 65.4 Å². The van der Waals surface area contributed by atoms with Gasteiger partial charge in [-0.3, -0.25) is 48.4 Å². The molecule has 430 valence electrons. The first kappa shape index (κ1) is 58.3. The molecule has 0 bridgehead atoms. The second-order valence-corrected chi connectivity index (χ2v) is 22.5. The molecule has 0 saturated carbocycles. The van der Waals surface area contributed by atoms with Gasteiger partial charge in [-0.2, -0.15) is 0 Å². The fourth-order valence-electron chi connectivity index (χ4n) is 10.9. The number of nitrogens with zero attached hydrogens (tertiary/aromatic N) is 5. The molecule has 1 unspecified atom stereocenters. The van der Waals surface area contributed by atoms with Gasteiger partial charge in [-0.25, -0.2) is 0 Å². The Hall–Kier alpha value is -8.41. The van der Waals surface area contributed by atoms with Crippen LogP contribution in [0.15, 0.2) is 95.2 Å². The van der Waals surface area contributed by atoms with Gasteiger partial charge in [0.1, 0.15) is 0 Å².